The molecule has 1 aromatic carbocycles. The minimum absolute atomic E-state index is 0.196. The molecule has 1 atom stereocenters. The van der Waals surface area contributed by atoms with Crippen LogP contribution in [0, 0.1) is 12.8 Å². The highest BCUT2D eigenvalue weighted by atomic mass is 32.2. The van der Waals surface area contributed by atoms with Crippen LogP contribution in [0.3, 0.4) is 0 Å². The molecule has 2 N–H and O–H groups in total. The van der Waals surface area contributed by atoms with Crippen LogP contribution < -0.4 is 14.9 Å². The molecule has 0 aliphatic carbocycles. The highest BCUT2D eigenvalue weighted by Crippen LogP contribution is 2.37. The van der Waals surface area contributed by atoms with Gasteiger partial charge in [-0.1, -0.05) is 31.2 Å². The lowest BCUT2D eigenvalue weighted by Gasteiger charge is -2.33. The van der Waals surface area contributed by atoms with Crippen LogP contribution in [-0.4, -0.2) is 36.4 Å². The molecule has 4 rings (SSSR count). The number of benzene rings is 1. The summed E-state index contributed by atoms with van der Waals surface area (Å²) in [7, 11) is -4.21. The first-order valence-corrected chi connectivity index (χ1v) is 12.6. The van der Waals surface area contributed by atoms with Gasteiger partial charge in [-0.15, -0.1) is 0 Å². The summed E-state index contributed by atoms with van der Waals surface area (Å²) in [6.45, 7) is 9.03. The summed E-state index contributed by atoms with van der Waals surface area (Å²) in [6, 6.07) is 15.4. The van der Waals surface area contributed by atoms with Crippen LogP contribution in [0.15, 0.2) is 65.8 Å². The SMILES string of the molecule is Cc1ccccc1Nc1cccc(S(=O)(=O)NC(=O)c2cccnc2N2CC(C)CC2(C)C)n1. The molecule has 1 unspecified atom stereocenters. The van der Waals surface area contributed by atoms with Gasteiger partial charge in [-0.25, -0.2) is 14.7 Å². The minimum atomic E-state index is -4.21. The summed E-state index contributed by atoms with van der Waals surface area (Å²) in [6.07, 6.45) is 2.56. The van der Waals surface area contributed by atoms with E-state index >= 15 is 0 Å². The van der Waals surface area contributed by atoms with Crippen LogP contribution in [0.25, 0.3) is 0 Å². The third-order valence-electron chi connectivity index (χ3n) is 5.99. The third-order valence-corrected chi connectivity index (χ3v) is 7.23. The van der Waals surface area contributed by atoms with Crippen molar-refractivity contribution < 1.29 is 13.2 Å². The molecular formula is C25H29N5O3S. The Kier molecular flexibility index (Phi) is 6.31. The van der Waals surface area contributed by atoms with Crippen LogP contribution in [0.1, 0.15) is 43.1 Å². The van der Waals surface area contributed by atoms with E-state index in [9.17, 15) is 13.2 Å². The first kappa shape index (κ1) is 23.7. The molecule has 178 valence electrons. The smallest absolute Gasteiger partial charge is 0.281 e. The molecule has 2 aromatic heterocycles. The maximum absolute atomic E-state index is 13.1. The predicted octanol–water partition coefficient (Wildman–Crippen LogP) is 4.27. The van der Waals surface area contributed by atoms with Gasteiger partial charge in [-0.3, -0.25) is 4.79 Å². The lowest BCUT2D eigenvalue weighted by molar-refractivity contribution is 0.0981. The van der Waals surface area contributed by atoms with Gasteiger partial charge in [0.1, 0.15) is 11.6 Å². The number of pyridine rings is 2. The van der Waals surface area contributed by atoms with E-state index in [0.29, 0.717) is 17.6 Å². The van der Waals surface area contributed by atoms with E-state index < -0.39 is 15.9 Å². The first-order valence-electron chi connectivity index (χ1n) is 11.2. The third kappa shape index (κ3) is 4.89. The van der Waals surface area contributed by atoms with Crippen molar-refractivity contribution in [1.82, 2.24) is 14.7 Å². The maximum atomic E-state index is 13.1. The number of rotatable bonds is 6. The van der Waals surface area contributed by atoms with Gasteiger partial charge in [0, 0.05) is 24.0 Å². The number of carbonyl (C=O) groups excluding carboxylic acids is 1. The van der Waals surface area contributed by atoms with Crippen molar-refractivity contribution in [3.05, 3.63) is 71.9 Å². The highest BCUT2D eigenvalue weighted by Gasteiger charge is 2.39. The number of carbonyl (C=O) groups is 1. The maximum Gasteiger partial charge on any atom is 0.281 e. The Morgan fingerprint density at radius 2 is 1.85 bits per heavy atom. The molecule has 8 nitrogen and oxygen atoms in total. The molecule has 0 radical (unpaired) electrons. The Hall–Kier alpha value is -3.46. The van der Waals surface area contributed by atoms with Gasteiger partial charge in [-0.2, -0.15) is 8.42 Å². The van der Waals surface area contributed by atoms with Crippen LogP contribution in [0.5, 0.6) is 0 Å². The minimum Gasteiger partial charge on any atom is -0.351 e. The second-order valence-corrected chi connectivity index (χ2v) is 11.0. The second-order valence-electron chi connectivity index (χ2n) is 9.34. The van der Waals surface area contributed by atoms with Crippen LogP contribution in [0.2, 0.25) is 0 Å². The molecular weight excluding hydrogens is 450 g/mol. The van der Waals surface area contributed by atoms with Crippen molar-refractivity contribution in [2.45, 2.75) is 44.7 Å². The summed E-state index contributed by atoms with van der Waals surface area (Å²) in [5, 5.41) is 2.87. The second kappa shape index (κ2) is 9.06. The Balaban J connectivity index is 1.58. The lowest BCUT2D eigenvalue weighted by Crippen LogP contribution is -2.41. The Morgan fingerprint density at radius 3 is 2.56 bits per heavy atom. The van der Waals surface area contributed by atoms with Gasteiger partial charge >= 0.3 is 0 Å². The van der Waals surface area contributed by atoms with Crippen molar-refractivity contribution >= 4 is 33.3 Å². The van der Waals surface area contributed by atoms with Gasteiger partial charge in [-0.05, 0) is 69.0 Å². The molecule has 1 aliphatic heterocycles. The van der Waals surface area contributed by atoms with Crippen LogP contribution >= 0.6 is 0 Å². The van der Waals surface area contributed by atoms with Crippen LogP contribution in [0.4, 0.5) is 17.3 Å². The molecule has 1 aliphatic rings. The summed E-state index contributed by atoms with van der Waals surface area (Å²) >= 11 is 0. The zero-order chi connectivity index (χ0) is 24.5. The molecule has 1 fully saturated rings. The quantitative estimate of drug-likeness (QED) is 0.544. The van der Waals surface area contributed by atoms with E-state index in [1.54, 1.807) is 30.5 Å². The van der Waals surface area contributed by atoms with E-state index in [-0.39, 0.29) is 16.1 Å². The Labute approximate surface area is 200 Å². The van der Waals surface area contributed by atoms with Gasteiger partial charge in [0.25, 0.3) is 15.9 Å². The topological polar surface area (TPSA) is 104 Å². The summed E-state index contributed by atoms with van der Waals surface area (Å²) < 4.78 is 28.3. The molecule has 3 aromatic rings. The number of aromatic nitrogens is 2. The lowest BCUT2D eigenvalue weighted by atomic mass is 9.97. The summed E-state index contributed by atoms with van der Waals surface area (Å²) in [4.78, 5) is 23.8. The van der Waals surface area contributed by atoms with Gasteiger partial charge in [0.05, 0.1) is 5.56 Å². The number of sulfonamides is 1. The molecule has 1 amide bonds. The summed E-state index contributed by atoms with van der Waals surface area (Å²) in [5.74, 6) is 0.536. The highest BCUT2D eigenvalue weighted by molar-refractivity contribution is 7.90. The Bertz CT molecular complexity index is 1320. The standard InChI is InChI=1S/C25H29N5O3S/c1-17-15-25(3,4)30(16-17)23-19(10-8-14-26-23)24(31)29-34(32,33)22-13-7-12-21(28-22)27-20-11-6-5-9-18(20)2/h5-14,17H,15-16H2,1-4H3,(H,27,28)(H,29,31). The molecule has 9 heteroatoms. The molecule has 0 spiro atoms. The average Bonchev–Trinajstić information content (AvgIpc) is 3.07. The van der Waals surface area contributed by atoms with Gasteiger partial charge in [0.15, 0.2) is 5.03 Å². The van der Waals surface area contributed by atoms with E-state index in [1.165, 1.54) is 6.07 Å². The van der Waals surface area contributed by atoms with Crippen molar-refractivity contribution in [2.24, 2.45) is 5.92 Å². The normalized spacial score (nSPS) is 17.4. The monoisotopic (exact) mass is 479 g/mol. The van der Waals surface area contributed by atoms with E-state index in [0.717, 1.165) is 24.2 Å². The van der Waals surface area contributed by atoms with Gasteiger partial charge < -0.3 is 10.2 Å². The zero-order valence-corrected chi connectivity index (χ0v) is 20.6. The number of nitrogens with one attached hydrogen (secondary N) is 2. The van der Waals surface area contributed by atoms with Crippen molar-refractivity contribution in [1.29, 1.82) is 0 Å². The first-order chi connectivity index (χ1) is 16.1. The number of amides is 1. The fourth-order valence-corrected chi connectivity index (χ4v) is 5.40. The average molecular weight is 480 g/mol. The van der Waals surface area contributed by atoms with E-state index in [1.807, 2.05) is 31.2 Å². The fraction of sp³-hybridized carbons (Fsp3) is 0.320. The molecule has 0 saturated carbocycles. The number of hydrogen-bond acceptors (Lipinski definition) is 7. The molecule has 0 bridgehead atoms. The largest absolute Gasteiger partial charge is 0.351 e. The number of anilines is 3. The van der Waals surface area contributed by atoms with Crippen LogP contribution in [-0.2, 0) is 10.0 Å². The summed E-state index contributed by atoms with van der Waals surface area (Å²) in [5.41, 5.74) is 1.83. The van der Waals surface area contributed by atoms with Crippen molar-refractivity contribution in [2.75, 3.05) is 16.8 Å². The van der Waals surface area contributed by atoms with Crippen molar-refractivity contribution in [3.8, 4) is 0 Å². The van der Waals surface area contributed by atoms with Gasteiger partial charge in [0.2, 0.25) is 0 Å². The number of hydrogen-bond donors (Lipinski definition) is 2. The number of nitrogens with zero attached hydrogens (tertiary/aromatic N) is 3. The zero-order valence-electron chi connectivity index (χ0n) is 19.7. The Morgan fingerprint density at radius 1 is 1.09 bits per heavy atom. The number of aryl methyl sites for hydroxylation is 1. The molecule has 1 saturated heterocycles. The number of para-hydroxylation sites is 1. The molecule has 3 heterocycles. The molecule has 34 heavy (non-hydrogen) atoms. The van der Waals surface area contributed by atoms with E-state index in [4.69, 9.17) is 0 Å². The predicted molar refractivity (Wildman–Crippen MR) is 133 cm³/mol. The van der Waals surface area contributed by atoms with E-state index in [2.05, 4.69) is 45.7 Å². The fourth-order valence-electron chi connectivity index (χ4n) is 4.46. The van der Waals surface area contributed by atoms with Crippen molar-refractivity contribution in [3.63, 3.8) is 0 Å².